The predicted octanol–water partition coefficient (Wildman–Crippen LogP) is 2.11. The van der Waals surface area contributed by atoms with E-state index in [1.165, 1.54) is 5.56 Å². The lowest BCUT2D eigenvalue weighted by molar-refractivity contribution is 0.0953. The number of amides is 1. The van der Waals surface area contributed by atoms with Crippen LogP contribution < -0.4 is 11.1 Å². The molecule has 1 amide bonds. The molecule has 0 aliphatic carbocycles. The molecule has 0 unspecified atom stereocenters. The lowest BCUT2D eigenvalue weighted by atomic mass is 10.1. The van der Waals surface area contributed by atoms with E-state index >= 15 is 0 Å². The molecule has 0 radical (unpaired) electrons. The third-order valence-corrected chi connectivity index (χ3v) is 2.79. The van der Waals surface area contributed by atoms with Crippen molar-refractivity contribution in [3.8, 4) is 0 Å². The highest BCUT2D eigenvalue weighted by Gasteiger charge is 2.03. The molecule has 0 aliphatic heterocycles. The molecule has 0 aromatic heterocycles. The highest BCUT2D eigenvalue weighted by atomic mass is 16.1. The van der Waals surface area contributed by atoms with E-state index in [2.05, 4.69) is 12.2 Å². The fraction of sp³-hybridized carbons (Fsp3) is 0.500. The molecular formula is C14H22N2O. The number of aryl methyl sites for hydroxylation is 1. The van der Waals surface area contributed by atoms with Crippen molar-refractivity contribution < 1.29 is 4.79 Å². The Morgan fingerprint density at radius 2 is 1.88 bits per heavy atom. The maximum absolute atomic E-state index is 11.7. The predicted molar refractivity (Wildman–Crippen MR) is 71.1 cm³/mol. The summed E-state index contributed by atoms with van der Waals surface area (Å²) in [5.74, 6) is 0.0143. The van der Waals surface area contributed by atoms with Gasteiger partial charge < -0.3 is 11.1 Å². The van der Waals surface area contributed by atoms with Gasteiger partial charge in [0.05, 0.1) is 0 Å². The zero-order valence-corrected chi connectivity index (χ0v) is 10.5. The van der Waals surface area contributed by atoms with E-state index in [1.807, 2.05) is 24.3 Å². The van der Waals surface area contributed by atoms with Crippen molar-refractivity contribution >= 4 is 5.91 Å². The Bertz CT molecular complexity index is 333. The second-order valence-electron chi connectivity index (χ2n) is 4.16. The number of nitrogens with one attached hydrogen (secondary N) is 1. The second-order valence-corrected chi connectivity index (χ2v) is 4.16. The normalized spacial score (nSPS) is 10.2. The summed E-state index contributed by atoms with van der Waals surface area (Å²) in [6, 6.07) is 7.77. The topological polar surface area (TPSA) is 55.1 Å². The van der Waals surface area contributed by atoms with Crippen LogP contribution in [0.5, 0.6) is 0 Å². The summed E-state index contributed by atoms with van der Waals surface area (Å²) in [5.41, 5.74) is 7.39. The van der Waals surface area contributed by atoms with Gasteiger partial charge in [0.2, 0.25) is 0 Å². The van der Waals surface area contributed by atoms with E-state index in [4.69, 9.17) is 5.73 Å². The van der Waals surface area contributed by atoms with Gasteiger partial charge in [0.1, 0.15) is 0 Å². The summed E-state index contributed by atoms with van der Waals surface area (Å²) in [6.07, 6.45) is 4.10. The molecule has 1 aromatic carbocycles. The zero-order chi connectivity index (χ0) is 12.5. The molecule has 94 valence electrons. The lowest BCUT2D eigenvalue weighted by Gasteiger charge is -2.05. The molecule has 3 N–H and O–H groups in total. The molecule has 0 saturated carbocycles. The van der Waals surface area contributed by atoms with Crippen LogP contribution >= 0.6 is 0 Å². The van der Waals surface area contributed by atoms with E-state index in [0.717, 1.165) is 44.3 Å². The zero-order valence-electron chi connectivity index (χ0n) is 10.5. The summed E-state index contributed by atoms with van der Waals surface area (Å²) < 4.78 is 0. The van der Waals surface area contributed by atoms with Crippen molar-refractivity contribution in [2.24, 2.45) is 5.73 Å². The number of carbonyl (C=O) groups excluding carboxylic acids is 1. The molecule has 1 rings (SSSR count). The number of carbonyl (C=O) groups is 1. The molecule has 3 nitrogen and oxygen atoms in total. The monoisotopic (exact) mass is 234 g/mol. The Morgan fingerprint density at radius 1 is 1.18 bits per heavy atom. The smallest absolute Gasteiger partial charge is 0.251 e. The van der Waals surface area contributed by atoms with Crippen LogP contribution in [0.15, 0.2) is 24.3 Å². The molecule has 1 aromatic rings. The Morgan fingerprint density at radius 3 is 2.47 bits per heavy atom. The first kappa shape index (κ1) is 13.7. The van der Waals surface area contributed by atoms with Crippen molar-refractivity contribution in [3.05, 3.63) is 35.4 Å². The second kappa shape index (κ2) is 7.85. The fourth-order valence-corrected chi connectivity index (χ4v) is 1.64. The van der Waals surface area contributed by atoms with Crippen LogP contribution in [-0.4, -0.2) is 19.0 Å². The van der Waals surface area contributed by atoms with Gasteiger partial charge in [0, 0.05) is 12.1 Å². The van der Waals surface area contributed by atoms with Gasteiger partial charge in [-0.05, 0) is 43.5 Å². The van der Waals surface area contributed by atoms with Gasteiger partial charge in [-0.3, -0.25) is 4.79 Å². The third-order valence-electron chi connectivity index (χ3n) is 2.79. The van der Waals surface area contributed by atoms with Crippen LogP contribution in [0.25, 0.3) is 0 Å². The molecule has 0 atom stereocenters. The SMILES string of the molecule is CCc1ccc(C(=O)NCCCCCN)cc1. The van der Waals surface area contributed by atoms with Crippen molar-refractivity contribution in [2.45, 2.75) is 32.6 Å². The van der Waals surface area contributed by atoms with Crippen molar-refractivity contribution in [1.29, 1.82) is 0 Å². The van der Waals surface area contributed by atoms with E-state index in [9.17, 15) is 4.79 Å². The average Bonchev–Trinajstić information content (AvgIpc) is 2.38. The minimum absolute atomic E-state index is 0.0143. The Balaban J connectivity index is 2.31. The van der Waals surface area contributed by atoms with E-state index in [-0.39, 0.29) is 5.91 Å². The average molecular weight is 234 g/mol. The molecule has 0 spiro atoms. The molecule has 3 heteroatoms. The largest absolute Gasteiger partial charge is 0.352 e. The minimum Gasteiger partial charge on any atom is -0.352 e. The number of hydrogen-bond donors (Lipinski definition) is 2. The van der Waals surface area contributed by atoms with Crippen LogP contribution in [0.1, 0.15) is 42.1 Å². The molecule has 0 aliphatic rings. The molecule has 0 heterocycles. The van der Waals surface area contributed by atoms with Crippen LogP contribution in [0.2, 0.25) is 0 Å². The first-order chi connectivity index (χ1) is 8.27. The summed E-state index contributed by atoms with van der Waals surface area (Å²) >= 11 is 0. The summed E-state index contributed by atoms with van der Waals surface area (Å²) in [5, 5.41) is 2.92. The van der Waals surface area contributed by atoms with Crippen molar-refractivity contribution in [2.75, 3.05) is 13.1 Å². The van der Waals surface area contributed by atoms with E-state index < -0.39 is 0 Å². The van der Waals surface area contributed by atoms with Crippen LogP contribution in [0.3, 0.4) is 0 Å². The molecule has 17 heavy (non-hydrogen) atoms. The maximum Gasteiger partial charge on any atom is 0.251 e. The number of unbranched alkanes of at least 4 members (excludes halogenated alkanes) is 2. The van der Waals surface area contributed by atoms with Gasteiger partial charge in [-0.15, -0.1) is 0 Å². The van der Waals surface area contributed by atoms with Gasteiger partial charge in [-0.25, -0.2) is 0 Å². The summed E-state index contributed by atoms with van der Waals surface area (Å²) in [7, 11) is 0. The molecule has 0 bridgehead atoms. The summed E-state index contributed by atoms with van der Waals surface area (Å²) in [4.78, 5) is 11.7. The van der Waals surface area contributed by atoms with Crippen LogP contribution in [-0.2, 0) is 6.42 Å². The van der Waals surface area contributed by atoms with Crippen LogP contribution in [0, 0.1) is 0 Å². The van der Waals surface area contributed by atoms with E-state index in [1.54, 1.807) is 0 Å². The minimum atomic E-state index is 0.0143. The van der Waals surface area contributed by atoms with Gasteiger partial charge in [0.25, 0.3) is 5.91 Å². The molecular weight excluding hydrogens is 212 g/mol. The number of hydrogen-bond acceptors (Lipinski definition) is 2. The van der Waals surface area contributed by atoms with Crippen molar-refractivity contribution in [3.63, 3.8) is 0 Å². The fourth-order valence-electron chi connectivity index (χ4n) is 1.64. The lowest BCUT2D eigenvalue weighted by Crippen LogP contribution is -2.24. The van der Waals surface area contributed by atoms with Gasteiger partial charge >= 0.3 is 0 Å². The van der Waals surface area contributed by atoms with E-state index in [0.29, 0.717) is 0 Å². The van der Waals surface area contributed by atoms with Gasteiger partial charge in [0.15, 0.2) is 0 Å². The highest BCUT2D eigenvalue weighted by Crippen LogP contribution is 2.05. The molecule has 0 fully saturated rings. The Hall–Kier alpha value is -1.35. The highest BCUT2D eigenvalue weighted by molar-refractivity contribution is 5.94. The Labute approximate surface area is 103 Å². The number of benzene rings is 1. The van der Waals surface area contributed by atoms with Crippen molar-refractivity contribution in [1.82, 2.24) is 5.32 Å². The third kappa shape index (κ3) is 5.00. The van der Waals surface area contributed by atoms with Gasteiger partial charge in [-0.1, -0.05) is 25.5 Å². The first-order valence-electron chi connectivity index (χ1n) is 6.35. The van der Waals surface area contributed by atoms with Gasteiger partial charge in [-0.2, -0.15) is 0 Å². The standard InChI is InChI=1S/C14H22N2O/c1-2-12-6-8-13(9-7-12)14(17)16-11-5-3-4-10-15/h6-9H,2-5,10-11,15H2,1H3,(H,16,17). The first-order valence-corrected chi connectivity index (χ1v) is 6.35. The maximum atomic E-state index is 11.7. The Kier molecular flexibility index (Phi) is 6.33. The quantitative estimate of drug-likeness (QED) is 0.710. The van der Waals surface area contributed by atoms with Crippen LogP contribution in [0.4, 0.5) is 0 Å². The molecule has 0 saturated heterocycles. The summed E-state index contributed by atoms with van der Waals surface area (Å²) in [6.45, 7) is 3.56. The number of nitrogens with two attached hydrogens (primary N) is 1. The number of rotatable bonds is 7.